The van der Waals surface area contributed by atoms with Crippen molar-refractivity contribution >= 4 is 34.1 Å². The molecule has 2 atom stereocenters. The van der Waals surface area contributed by atoms with Gasteiger partial charge in [0.15, 0.2) is 0 Å². The fourth-order valence-corrected chi connectivity index (χ4v) is 5.59. The van der Waals surface area contributed by atoms with Crippen molar-refractivity contribution in [2.75, 3.05) is 13.1 Å². The van der Waals surface area contributed by atoms with Crippen LogP contribution >= 0.6 is 0 Å². The van der Waals surface area contributed by atoms with Crippen LogP contribution in [0.25, 0.3) is 21.8 Å². The molecule has 3 aromatic rings. The highest BCUT2D eigenvalue weighted by molar-refractivity contribution is 5.95. The number of rotatable bonds is 7. The van der Waals surface area contributed by atoms with Gasteiger partial charge in [0.2, 0.25) is 12.3 Å². The first kappa shape index (κ1) is 20.9. The van der Waals surface area contributed by atoms with Gasteiger partial charge in [-0.05, 0) is 48.1 Å². The number of hydrogen-bond acceptors (Lipinski definition) is 4. The molecule has 2 fully saturated rings. The van der Waals surface area contributed by atoms with E-state index in [1.165, 1.54) is 12.8 Å². The first-order valence-electron chi connectivity index (χ1n) is 11.7. The number of hydrogen-bond donors (Lipinski definition) is 2. The third-order valence-corrected chi connectivity index (χ3v) is 7.19. The number of fused-ring (bicyclic) bond motifs is 2. The zero-order chi connectivity index (χ0) is 22.1. The molecule has 32 heavy (non-hydrogen) atoms. The van der Waals surface area contributed by atoms with E-state index in [0.717, 1.165) is 59.7 Å². The summed E-state index contributed by atoms with van der Waals surface area (Å²) < 4.78 is 0. The highest BCUT2D eigenvalue weighted by atomic mass is 16.5. The number of amides is 2. The van der Waals surface area contributed by atoms with E-state index in [1.54, 1.807) is 0 Å². The number of H-pyrrole nitrogens is 1. The van der Waals surface area contributed by atoms with Gasteiger partial charge in [0.1, 0.15) is 5.82 Å². The molecular weight excluding hydrogens is 404 g/mol. The lowest BCUT2D eigenvalue weighted by Crippen LogP contribution is -2.41. The van der Waals surface area contributed by atoms with Crippen LogP contribution in [0.2, 0.25) is 0 Å². The van der Waals surface area contributed by atoms with Gasteiger partial charge in [-0.2, -0.15) is 0 Å². The molecule has 0 radical (unpaired) electrons. The maximum Gasteiger partial charge on any atom is 0.233 e. The van der Waals surface area contributed by atoms with Crippen LogP contribution < -0.4 is 0 Å². The molecule has 0 bridgehead atoms. The van der Waals surface area contributed by atoms with Crippen molar-refractivity contribution in [1.29, 1.82) is 0 Å². The fraction of sp³-hybridized carbons (Fsp3) is 0.480. The fourth-order valence-electron chi connectivity index (χ4n) is 5.59. The lowest BCUT2D eigenvalue weighted by Gasteiger charge is -2.30. The number of hydroxylamine groups is 2. The maximum absolute atomic E-state index is 13.6. The number of imidazole rings is 1. The molecule has 7 heteroatoms. The summed E-state index contributed by atoms with van der Waals surface area (Å²) in [6.07, 6.45) is 7.52. The molecule has 1 aromatic heterocycles. The summed E-state index contributed by atoms with van der Waals surface area (Å²) in [4.78, 5) is 34.9. The molecule has 2 unspecified atom stereocenters. The molecule has 1 aliphatic heterocycles. The molecular formula is C25H30N4O3. The van der Waals surface area contributed by atoms with E-state index in [9.17, 15) is 14.8 Å². The lowest BCUT2D eigenvalue weighted by atomic mass is 9.91. The van der Waals surface area contributed by atoms with Crippen molar-refractivity contribution in [3.05, 3.63) is 42.2 Å². The van der Waals surface area contributed by atoms with Gasteiger partial charge in [-0.15, -0.1) is 0 Å². The predicted octanol–water partition coefficient (Wildman–Crippen LogP) is 4.42. The average molecular weight is 435 g/mol. The number of benzene rings is 2. The van der Waals surface area contributed by atoms with Gasteiger partial charge in [-0.25, -0.2) is 10.0 Å². The minimum absolute atomic E-state index is 0.0194. The number of carbonyl (C=O) groups excluding carboxylic acids is 2. The summed E-state index contributed by atoms with van der Waals surface area (Å²) in [5, 5.41) is 12.8. The van der Waals surface area contributed by atoms with Gasteiger partial charge in [-0.3, -0.25) is 14.8 Å². The highest BCUT2D eigenvalue weighted by Gasteiger charge is 2.37. The van der Waals surface area contributed by atoms with E-state index in [-0.39, 0.29) is 24.4 Å². The van der Waals surface area contributed by atoms with Crippen LogP contribution in [0.15, 0.2) is 36.4 Å². The molecule has 5 rings (SSSR count). The summed E-state index contributed by atoms with van der Waals surface area (Å²) in [5.41, 5.74) is 1.88. The Morgan fingerprint density at radius 1 is 1.19 bits per heavy atom. The Labute approximate surface area is 187 Å². The zero-order valence-electron chi connectivity index (χ0n) is 18.2. The first-order valence-corrected chi connectivity index (χ1v) is 11.7. The van der Waals surface area contributed by atoms with E-state index in [0.29, 0.717) is 23.9 Å². The van der Waals surface area contributed by atoms with Crippen molar-refractivity contribution in [2.24, 2.45) is 11.8 Å². The van der Waals surface area contributed by atoms with Crippen LogP contribution in [-0.4, -0.2) is 50.5 Å². The number of aromatic nitrogens is 2. The number of nitrogens with zero attached hydrogens (tertiary/aromatic N) is 3. The average Bonchev–Trinajstić information content (AvgIpc) is 3.56. The van der Waals surface area contributed by atoms with Gasteiger partial charge >= 0.3 is 0 Å². The van der Waals surface area contributed by atoms with Crippen LogP contribution in [0.1, 0.15) is 56.8 Å². The van der Waals surface area contributed by atoms with Crippen molar-refractivity contribution in [3.63, 3.8) is 0 Å². The number of carbonyl (C=O) groups is 2. The Bertz CT molecular complexity index is 1070. The lowest BCUT2D eigenvalue weighted by molar-refractivity contribution is -0.157. The summed E-state index contributed by atoms with van der Waals surface area (Å²) >= 11 is 0. The molecule has 7 nitrogen and oxygen atoms in total. The quantitative estimate of drug-likeness (QED) is 0.327. The SMILES string of the molecule is O=CN(O)CC(CC1CCCC1)C(=O)N1CCCC1c1nc2cc3ccccc3cc2[nH]1. The largest absolute Gasteiger partial charge is 0.340 e. The monoisotopic (exact) mass is 434 g/mol. The predicted molar refractivity (Wildman–Crippen MR) is 122 cm³/mol. The Balaban J connectivity index is 1.41. The summed E-state index contributed by atoms with van der Waals surface area (Å²) in [6, 6.07) is 12.3. The van der Waals surface area contributed by atoms with Crippen LogP contribution in [0, 0.1) is 11.8 Å². The van der Waals surface area contributed by atoms with Gasteiger partial charge in [-0.1, -0.05) is 49.9 Å². The molecule has 0 spiro atoms. The summed E-state index contributed by atoms with van der Waals surface area (Å²) in [6.45, 7) is 0.726. The normalized spacial score (nSPS) is 20.3. The molecule has 168 valence electrons. The molecule has 1 aliphatic carbocycles. The third kappa shape index (κ3) is 4.09. The molecule has 2 heterocycles. The van der Waals surface area contributed by atoms with Gasteiger partial charge < -0.3 is 9.88 Å². The van der Waals surface area contributed by atoms with E-state index >= 15 is 0 Å². The minimum atomic E-state index is -0.388. The molecule has 2 aliphatic rings. The smallest absolute Gasteiger partial charge is 0.233 e. The highest BCUT2D eigenvalue weighted by Crippen LogP contribution is 2.36. The second-order valence-electron chi connectivity index (χ2n) is 9.34. The second kappa shape index (κ2) is 8.90. The van der Waals surface area contributed by atoms with E-state index in [2.05, 4.69) is 29.2 Å². The van der Waals surface area contributed by atoms with Crippen LogP contribution in [-0.2, 0) is 9.59 Å². The molecule has 1 saturated carbocycles. The number of aromatic amines is 1. The van der Waals surface area contributed by atoms with Gasteiger partial charge in [0.25, 0.3) is 0 Å². The van der Waals surface area contributed by atoms with Crippen LogP contribution in [0.3, 0.4) is 0 Å². The standard InChI is InChI=1S/C25H30N4O3/c30-16-28(32)15-20(12-17-6-1-2-7-17)25(31)29-11-5-10-23(29)24-26-21-13-18-8-3-4-9-19(18)14-22(21)27-24/h3-4,8-9,13-14,16-17,20,23,32H,1-2,5-7,10-12,15H2,(H,26,27). The molecule has 2 N–H and O–H groups in total. The summed E-state index contributed by atoms with van der Waals surface area (Å²) in [7, 11) is 0. The number of likely N-dealkylation sites (tertiary alicyclic amines) is 1. The molecule has 1 saturated heterocycles. The van der Waals surface area contributed by atoms with Gasteiger partial charge in [0.05, 0.1) is 29.5 Å². The maximum atomic E-state index is 13.6. The zero-order valence-corrected chi connectivity index (χ0v) is 18.2. The van der Waals surface area contributed by atoms with Gasteiger partial charge in [0, 0.05) is 6.54 Å². The van der Waals surface area contributed by atoms with Crippen molar-refractivity contribution < 1.29 is 14.8 Å². The Kier molecular flexibility index (Phi) is 5.83. The topological polar surface area (TPSA) is 89.5 Å². The Morgan fingerprint density at radius 3 is 2.69 bits per heavy atom. The third-order valence-electron chi connectivity index (χ3n) is 7.19. The van der Waals surface area contributed by atoms with E-state index < -0.39 is 0 Å². The first-order chi connectivity index (χ1) is 15.6. The van der Waals surface area contributed by atoms with Crippen LogP contribution in [0.5, 0.6) is 0 Å². The van der Waals surface area contributed by atoms with Crippen molar-refractivity contribution in [3.8, 4) is 0 Å². The summed E-state index contributed by atoms with van der Waals surface area (Å²) in [5.74, 6) is 0.937. The van der Waals surface area contributed by atoms with Crippen molar-refractivity contribution in [1.82, 2.24) is 19.9 Å². The Morgan fingerprint density at radius 2 is 1.94 bits per heavy atom. The van der Waals surface area contributed by atoms with E-state index in [1.807, 2.05) is 17.0 Å². The molecule has 2 amide bonds. The Hall–Kier alpha value is -2.93. The van der Waals surface area contributed by atoms with Crippen molar-refractivity contribution in [2.45, 2.75) is 51.0 Å². The minimum Gasteiger partial charge on any atom is -0.340 e. The van der Waals surface area contributed by atoms with Crippen LogP contribution in [0.4, 0.5) is 0 Å². The second-order valence-corrected chi connectivity index (χ2v) is 9.34. The number of nitrogens with one attached hydrogen (secondary N) is 1. The van der Waals surface area contributed by atoms with E-state index in [4.69, 9.17) is 4.98 Å². The molecule has 2 aromatic carbocycles.